The smallest absolute Gasteiger partial charge is 0.454 e. The van der Waals surface area contributed by atoms with Crippen molar-refractivity contribution in [3.8, 4) is 5.75 Å². The Morgan fingerprint density at radius 3 is 2.30 bits per heavy atom. The molecule has 0 unspecified atom stereocenters. The summed E-state index contributed by atoms with van der Waals surface area (Å²) in [5, 5.41) is 2.73. The van der Waals surface area contributed by atoms with Crippen LogP contribution in [0, 0.1) is 0 Å². The highest BCUT2D eigenvalue weighted by Gasteiger charge is 2.48. The molecule has 10 heteroatoms. The summed E-state index contributed by atoms with van der Waals surface area (Å²) >= 11 is 6.64. The fourth-order valence-electron chi connectivity index (χ4n) is 2.84. The van der Waals surface area contributed by atoms with Crippen molar-refractivity contribution in [3.05, 3.63) is 51.4 Å². The third-order valence-corrected chi connectivity index (χ3v) is 6.09. The van der Waals surface area contributed by atoms with Crippen LogP contribution in [0.15, 0.2) is 55.8 Å². The quantitative estimate of drug-likeness (QED) is 0.222. The van der Waals surface area contributed by atoms with Gasteiger partial charge in [0.1, 0.15) is 16.9 Å². The predicted molar refractivity (Wildman–Crippen MR) is 102 cm³/mol. The number of furan rings is 1. The molecule has 27 heavy (non-hydrogen) atoms. The van der Waals surface area contributed by atoms with Crippen LogP contribution >= 0.6 is 31.9 Å². The highest BCUT2D eigenvalue weighted by Crippen LogP contribution is 2.43. The molecule has 4 aromatic rings. The summed E-state index contributed by atoms with van der Waals surface area (Å²) in [6.45, 7) is 0. The van der Waals surface area contributed by atoms with E-state index in [1.165, 1.54) is 6.07 Å². The van der Waals surface area contributed by atoms with Crippen LogP contribution in [0.25, 0.3) is 32.7 Å². The maximum atomic E-state index is 12.6. The minimum Gasteiger partial charge on any atom is -0.454 e. The van der Waals surface area contributed by atoms with Crippen molar-refractivity contribution in [2.45, 2.75) is 5.51 Å². The lowest BCUT2D eigenvalue weighted by molar-refractivity contribution is -0.0500. The van der Waals surface area contributed by atoms with Gasteiger partial charge in [-0.2, -0.15) is 21.6 Å². The van der Waals surface area contributed by atoms with Gasteiger partial charge in [-0.05, 0) is 60.8 Å². The van der Waals surface area contributed by atoms with Gasteiger partial charge in [-0.25, -0.2) is 0 Å². The molecule has 3 aromatic carbocycles. The van der Waals surface area contributed by atoms with Crippen molar-refractivity contribution >= 4 is 74.7 Å². The van der Waals surface area contributed by atoms with Gasteiger partial charge in [0.05, 0.1) is 8.95 Å². The van der Waals surface area contributed by atoms with Crippen LogP contribution < -0.4 is 4.18 Å². The molecule has 0 fully saturated rings. The van der Waals surface area contributed by atoms with Crippen LogP contribution in [0.5, 0.6) is 5.75 Å². The highest BCUT2D eigenvalue weighted by atomic mass is 79.9. The van der Waals surface area contributed by atoms with Gasteiger partial charge >= 0.3 is 15.6 Å². The van der Waals surface area contributed by atoms with Crippen LogP contribution in [0.1, 0.15) is 0 Å². The minimum absolute atomic E-state index is 0.263. The normalized spacial score (nSPS) is 12.9. The second-order valence-electron chi connectivity index (χ2n) is 5.65. The maximum Gasteiger partial charge on any atom is 0.534 e. The highest BCUT2D eigenvalue weighted by molar-refractivity contribution is 9.11. The van der Waals surface area contributed by atoms with Crippen molar-refractivity contribution < 1.29 is 30.2 Å². The first-order valence-electron chi connectivity index (χ1n) is 7.32. The molecule has 1 heterocycles. The lowest BCUT2D eigenvalue weighted by Crippen LogP contribution is -2.28. The average molecular weight is 524 g/mol. The van der Waals surface area contributed by atoms with E-state index in [2.05, 4.69) is 36.0 Å². The van der Waals surface area contributed by atoms with E-state index in [0.717, 1.165) is 16.8 Å². The first-order chi connectivity index (χ1) is 12.6. The molecule has 0 aliphatic carbocycles. The van der Waals surface area contributed by atoms with E-state index in [9.17, 15) is 21.6 Å². The average Bonchev–Trinajstić information content (AvgIpc) is 2.94. The van der Waals surface area contributed by atoms with Gasteiger partial charge in [0, 0.05) is 10.8 Å². The molecule has 1 aromatic heterocycles. The van der Waals surface area contributed by atoms with E-state index >= 15 is 0 Å². The zero-order valence-electron chi connectivity index (χ0n) is 13.0. The van der Waals surface area contributed by atoms with Crippen LogP contribution in [0.2, 0.25) is 0 Å². The largest absolute Gasteiger partial charge is 0.534 e. The number of fused-ring (bicyclic) bond motifs is 5. The summed E-state index contributed by atoms with van der Waals surface area (Å²) in [4.78, 5) is 0. The topological polar surface area (TPSA) is 56.5 Å². The summed E-state index contributed by atoms with van der Waals surface area (Å²) in [6.07, 6.45) is 0. The lowest BCUT2D eigenvalue weighted by Gasteiger charge is -2.09. The molecule has 0 aliphatic heterocycles. The van der Waals surface area contributed by atoms with Crippen molar-refractivity contribution in [3.63, 3.8) is 0 Å². The SMILES string of the molecule is O=S(=O)(Oc1cc(Br)c2oc3c(Br)cc4ccccc4c3c2c1)C(F)(F)F. The van der Waals surface area contributed by atoms with Crippen molar-refractivity contribution in [2.75, 3.05) is 0 Å². The summed E-state index contributed by atoms with van der Waals surface area (Å²) in [5.41, 5.74) is -4.68. The van der Waals surface area contributed by atoms with Crippen molar-refractivity contribution in [2.24, 2.45) is 0 Å². The second-order valence-corrected chi connectivity index (χ2v) is 8.90. The van der Waals surface area contributed by atoms with E-state index in [1.807, 2.05) is 30.3 Å². The molecule has 0 saturated carbocycles. The lowest BCUT2D eigenvalue weighted by atomic mass is 10.0. The zero-order valence-corrected chi connectivity index (χ0v) is 17.0. The Labute approximate surface area is 167 Å². The molecule has 0 atom stereocenters. The minimum atomic E-state index is -5.78. The molecule has 0 spiro atoms. The van der Waals surface area contributed by atoms with Gasteiger partial charge in [-0.15, -0.1) is 0 Å². The van der Waals surface area contributed by atoms with Gasteiger partial charge in [-0.1, -0.05) is 24.3 Å². The number of hydrogen-bond donors (Lipinski definition) is 0. The summed E-state index contributed by atoms with van der Waals surface area (Å²) in [7, 11) is -5.78. The van der Waals surface area contributed by atoms with E-state index in [1.54, 1.807) is 0 Å². The van der Waals surface area contributed by atoms with E-state index in [0.29, 0.717) is 26.4 Å². The third-order valence-electron chi connectivity index (χ3n) is 3.94. The Morgan fingerprint density at radius 1 is 0.926 bits per heavy atom. The molecule has 0 bridgehead atoms. The Hall–Kier alpha value is -1.78. The van der Waals surface area contributed by atoms with Crippen molar-refractivity contribution in [1.29, 1.82) is 0 Å². The summed E-state index contributed by atoms with van der Waals surface area (Å²) in [5.74, 6) is -0.474. The molecule has 0 N–H and O–H groups in total. The van der Waals surface area contributed by atoms with Gasteiger partial charge in [0.2, 0.25) is 0 Å². The van der Waals surface area contributed by atoms with Crippen molar-refractivity contribution in [1.82, 2.24) is 0 Å². The molecular weight excluding hydrogens is 517 g/mol. The molecule has 0 amide bonds. The molecule has 4 rings (SSSR count). The van der Waals surface area contributed by atoms with Crippen LogP contribution in [0.4, 0.5) is 13.2 Å². The molecule has 4 nitrogen and oxygen atoms in total. The van der Waals surface area contributed by atoms with Gasteiger partial charge in [0.25, 0.3) is 0 Å². The first-order valence-corrected chi connectivity index (χ1v) is 10.3. The van der Waals surface area contributed by atoms with Crippen LogP contribution in [-0.4, -0.2) is 13.9 Å². The number of rotatable bonds is 2. The molecule has 140 valence electrons. The standard InChI is InChI=1S/C17H7Br2F3O4S/c18-12-5-8-3-1-2-4-10(8)14-11-6-9(26-27(23,24)17(20,21)22)7-13(19)15(11)25-16(12)14/h1-7H. The Balaban J connectivity index is 2.05. The third kappa shape index (κ3) is 2.99. The number of halogens is 5. The van der Waals surface area contributed by atoms with E-state index in [4.69, 9.17) is 4.42 Å². The first kappa shape index (κ1) is 18.6. The maximum absolute atomic E-state index is 12.6. The number of alkyl halides is 3. The Bertz CT molecular complexity index is 1330. The summed E-state index contributed by atoms with van der Waals surface area (Å²) < 4.78 is 71.7. The monoisotopic (exact) mass is 522 g/mol. The van der Waals surface area contributed by atoms with Crippen LogP contribution in [0.3, 0.4) is 0 Å². The van der Waals surface area contributed by atoms with Gasteiger partial charge in [-0.3, -0.25) is 0 Å². The van der Waals surface area contributed by atoms with E-state index in [-0.39, 0.29) is 4.47 Å². The molecule has 0 aliphatic rings. The predicted octanol–water partition coefficient (Wildman–Crippen LogP) is 6.49. The Kier molecular flexibility index (Phi) is 4.21. The molecule has 0 saturated heterocycles. The molecular formula is C17H7Br2F3O4S. The fraction of sp³-hybridized carbons (Fsp3) is 0.0588. The van der Waals surface area contributed by atoms with Crippen LogP contribution in [-0.2, 0) is 10.1 Å². The number of hydrogen-bond acceptors (Lipinski definition) is 4. The summed E-state index contributed by atoms with van der Waals surface area (Å²) in [6, 6.07) is 11.6. The van der Waals surface area contributed by atoms with Gasteiger partial charge < -0.3 is 8.60 Å². The second kappa shape index (κ2) is 6.11. The Morgan fingerprint density at radius 2 is 1.59 bits per heavy atom. The van der Waals surface area contributed by atoms with E-state index < -0.39 is 21.4 Å². The number of benzene rings is 3. The zero-order chi connectivity index (χ0) is 19.6. The molecule has 0 radical (unpaired) electrons. The fourth-order valence-corrected chi connectivity index (χ4v) is 4.33. The van der Waals surface area contributed by atoms with Gasteiger partial charge in [0.15, 0.2) is 0 Å².